The van der Waals surface area contributed by atoms with E-state index in [2.05, 4.69) is 10.2 Å². The van der Waals surface area contributed by atoms with Crippen molar-refractivity contribution in [2.75, 3.05) is 0 Å². The first-order valence-electron chi connectivity index (χ1n) is 8.17. The fourth-order valence-electron chi connectivity index (χ4n) is 2.64. The van der Waals surface area contributed by atoms with Crippen molar-refractivity contribution in [1.82, 2.24) is 0 Å². The Morgan fingerprint density at radius 2 is 1.56 bits per heavy atom. The van der Waals surface area contributed by atoms with Crippen LogP contribution in [-0.4, -0.2) is 10.2 Å². The zero-order chi connectivity index (χ0) is 18.8. The van der Waals surface area contributed by atoms with Crippen LogP contribution in [-0.2, 0) is 0 Å². The van der Waals surface area contributed by atoms with Crippen molar-refractivity contribution < 1.29 is 14.6 Å². The monoisotopic (exact) mass is 358 g/mol. The quantitative estimate of drug-likeness (QED) is 0.487. The number of benzene rings is 3. The molecule has 1 heterocycles. The van der Waals surface area contributed by atoms with Crippen molar-refractivity contribution >= 4 is 22.3 Å². The first-order chi connectivity index (χ1) is 13.1. The number of aromatic hydroxyl groups is 2. The van der Waals surface area contributed by atoms with E-state index >= 15 is 0 Å². The third-order valence-electron chi connectivity index (χ3n) is 4.01. The summed E-state index contributed by atoms with van der Waals surface area (Å²) in [6.07, 6.45) is 0. The van der Waals surface area contributed by atoms with E-state index in [4.69, 9.17) is 4.42 Å². The lowest BCUT2D eigenvalue weighted by atomic mass is 10.1. The maximum absolute atomic E-state index is 12.5. The standard InChI is InChI=1S/C21H14N2O4/c24-15-8-6-14(7-9-15)22-23-17-10-16-18(25)11-20(13-4-2-1-3-5-13)27-21(16)12-19(17)26/h1-12,24,26H. The summed E-state index contributed by atoms with van der Waals surface area (Å²) in [5, 5.41) is 27.8. The van der Waals surface area contributed by atoms with Gasteiger partial charge in [0.15, 0.2) is 5.43 Å². The van der Waals surface area contributed by atoms with Gasteiger partial charge >= 0.3 is 0 Å². The minimum Gasteiger partial charge on any atom is -0.508 e. The Labute approximate surface area is 153 Å². The lowest BCUT2D eigenvalue weighted by Gasteiger charge is -2.05. The van der Waals surface area contributed by atoms with Crippen LogP contribution < -0.4 is 5.43 Å². The number of rotatable bonds is 3. The van der Waals surface area contributed by atoms with Gasteiger partial charge in [0.25, 0.3) is 0 Å². The molecule has 1 aromatic heterocycles. The fourth-order valence-corrected chi connectivity index (χ4v) is 2.64. The highest BCUT2D eigenvalue weighted by molar-refractivity contribution is 5.84. The summed E-state index contributed by atoms with van der Waals surface area (Å²) in [5.41, 5.74) is 1.44. The van der Waals surface area contributed by atoms with Crippen LogP contribution in [0.25, 0.3) is 22.3 Å². The molecule has 0 aliphatic heterocycles. The summed E-state index contributed by atoms with van der Waals surface area (Å²) in [7, 11) is 0. The largest absolute Gasteiger partial charge is 0.508 e. The summed E-state index contributed by atoms with van der Waals surface area (Å²) in [6.45, 7) is 0. The van der Waals surface area contributed by atoms with Crippen molar-refractivity contribution in [3.63, 3.8) is 0 Å². The molecule has 0 atom stereocenters. The summed E-state index contributed by atoms with van der Waals surface area (Å²) in [5.74, 6) is 0.388. The number of fused-ring (bicyclic) bond motifs is 1. The minimum absolute atomic E-state index is 0.120. The zero-order valence-corrected chi connectivity index (χ0v) is 14.0. The average molecular weight is 358 g/mol. The predicted octanol–water partition coefficient (Wildman–Crippen LogP) is 5.29. The van der Waals surface area contributed by atoms with Gasteiger partial charge in [-0.1, -0.05) is 30.3 Å². The third kappa shape index (κ3) is 3.41. The molecule has 27 heavy (non-hydrogen) atoms. The Kier molecular flexibility index (Phi) is 4.14. The molecule has 6 nitrogen and oxygen atoms in total. The van der Waals surface area contributed by atoms with Crippen LogP contribution >= 0.6 is 0 Å². The van der Waals surface area contributed by atoms with Gasteiger partial charge in [-0.25, -0.2) is 0 Å². The highest BCUT2D eigenvalue weighted by atomic mass is 16.3. The topological polar surface area (TPSA) is 95.4 Å². The van der Waals surface area contributed by atoms with Gasteiger partial charge in [-0.05, 0) is 30.3 Å². The van der Waals surface area contributed by atoms with E-state index in [9.17, 15) is 15.0 Å². The average Bonchev–Trinajstić information content (AvgIpc) is 2.68. The molecule has 6 heteroatoms. The van der Waals surface area contributed by atoms with E-state index in [0.717, 1.165) is 5.56 Å². The van der Waals surface area contributed by atoms with Crippen molar-refractivity contribution in [2.24, 2.45) is 10.2 Å². The van der Waals surface area contributed by atoms with Crippen LogP contribution in [0.1, 0.15) is 0 Å². The molecule has 4 aromatic rings. The van der Waals surface area contributed by atoms with Gasteiger partial charge < -0.3 is 14.6 Å². The molecule has 0 fully saturated rings. The number of azo groups is 1. The molecule has 0 bridgehead atoms. The Bertz CT molecular complexity index is 1200. The molecule has 3 aromatic carbocycles. The van der Waals surface area contributed by atoms with Crippen molar-refractivity contribution in [1.29, 1.82) is 0 Å². The van der Waals surface area contributed by atoms with Crippen molar-refractivity contribution in [3.8, 4) is 22.8 Å². The van der Waals surface area contributed by atoms with Gasteiger partial charge in [0.05, 0.1) is 11.1 Å². The molecule has 0 aliphatic carbocycles. The second-order valence-electron chi connectivity index (χ2n) is 5.89. The highest BCUT2D eigenvalue weighted by Gasteiger charge is 2.11. The molecule has 0 aliphatic rings. The smallest absolute Gasteiger partial charge is 0.193 e. The number of phenols is 2. The maximum Gasteiger partial charge on any atom is 0.193 e. The van der Waals surface area contributed by atoms with Crippen LogP contribution in [0.2, 0.25) is 0 Å². The summed E-state index contributed by atoms with van der Waals surface area (Å²) in [4.78, 5) is 12.5. The van der Waals surface area contributed by atoms with Crippen LogP contribution in [0.5, 0.6) is 11.5 Å². The Morgan fingerprint density at radius 3 is 2.30 bits per heavy atom. The van der Waals surface area contributed by atoms with Crippen LogP contribution in [0.3, 0.4) is 0 Å². The lowest BCUT2D eigenvalue weighted by molar-refractivity contribution is 0.474. The van der Waals surface area contributed by atoms with Crippen LogP contribution in [0.15, 0.2) is 92.2 Å². The Morgan fingerprint density at radius 1 is 0.815 bits per heavy atom. The van der Waals surface area contributed by atoms with Gasteiger partial charge in [0.2, 0.25) is 0 Å². The molecule has 0 amide bonds. The van der Waals surface area contributed by atoms with E-state index in [1.165, 1.54) is 30.3 Å². The summed E-state index contributed by atoms with van der Waals surface area (Å²) in [6, 6.07) is 19.6. The van der Waals surface area contributed by atoms with Crippen LogP contribution in [0.4, 0.5) is 11.4 Å². The van der Waals surface area contributed by atoms with E-state index in [1.807, 2.05) is 30.3 Å². The van der Waals surface area contributed by atoms with E-state index in [1.54, 1.807) is 12.1 Å². The summed E-state index contributed by atoms with van der Waals surface area (Å²) < 4.78 is 5.78. The summed E-state index contributed by atoms with van der Waals surface area (Å²) >= 11 is 0. The molecule has 0 saturated carbocycles. The molecular formula is C21H14N2O4. The normalized spacial score (nSPS) is 11.3. The second kappa shape index (κ2) is 6.76. The third-order valence-corrected chi connectivity index (χ3v) is 4.01. The fraction of sp³-hybridized carbons (Fsp3) is 0. The molecule has 4 rings (SSSR count). The maximum atomic E-state index is 12.5. The van der Waals surface area contributed by atoms with Crippen LogP contribution in [0, 0.1) is 0 Å². The zero-order valence-electron chi connectivity index (χ0n) is 14.0. The number of phenolic OH excluding ortho intramolecular Hbond substituents is 2. The van der Waals surface area contributed by atoms with Crippen molar-refractivity contribution in [2.45, 2.75) is 0 Å². The molecular weight excluding hydrogens is 344 g/mol. The van der Waals surface area contributed by atoms with Gasteiger partial charge in [0.1, 0.15) is 28.5 Å². The van der Waals surface area contributed by atoms with Gasteiger partial charge in [-0.2, -0.15) is 5.11 Å². The Hall–Kier alpha value is -3.93. The second-order valence-corrected chi connectivity index (χ2v) is 5.89. The number of nitrogens with zero attached hydrogens (tertiary/aromatic N) is 2. The molecule has 0 spiro atoms. The molecule has 132 valence electrons. The van der Waals surface area contributed by atoms with E-state index in [0.29, 0.717) is 16.8 Å². The minimum atomic E-state index is -0.240. The molecule has 0 radical (unpaired) electrons. The van der Waals surface area contributed by atoms with Gasteiger partial charge in [-0.15, -0.1) is 5.11 Å². The van der Waals surface area contributed by atoms with E-state index < -0.39 is 0 Å². The Balaban J connectivity index is 1.76. The lowest BCUT2D eigenvalue weighted by Crippen LogP contribution is -2.00. The first kappa shape index (κ1) is 16.5. The molecule has 0 unspecified atom stereocenters. The molecule has 2 N–H and O–H groups in total. The highest BCUT2D eigenvalue weighted by Crippen LogP contribution is 2.33. The van der Waals surface area contributed by atoms with E-state index in [-0.39, 0.29) is 28.2 Å². The van der Waals surface area contributed by atoms with Gasteiger partial charge in [-0.3, -0.25) is 4.79 Å². The predicted molar refractivity (Wildman–Crippen MR) is 102 cm³/mol. The van der Waals surface area contributed by atoms with Crippen molar-refractivity contribution in [3.05, 3.63) is 83.0 Å². The van der Waals surface area contributed by atoms with Gasteiger partial charge in [0, 0.05) is 17.7 Å². The first-order valence-corrected chi connectivity index (χ1v) is 8.17. The number of hydrogen-bond acceptors (Lipinski definition) is 6. The molecule has 0 saturated heterocycles. The number of hydrogen-bond donors (Lipinski definition) is 2. The SMILES string of the molecule is O=c1cc(-c2ccccc2)oc2cc(O)c(N=Nc3ccc(O)cc3)cc12.